The van der Waals surface area contributed by atoms with Crippen LogP contribution in [0.5, 0.6) is 0 Å². The maximum absolute atomic E-state index is 14.2. The SMILES string of the molecule is CCN1C(=O)N[C@@H](c2ccc(C)cc2C)C2=C1CN([C@@H](Cc1ccccc1)C(=O)N1CCOCC1)C2=O. The number of hydrogen-bond acceptors (Lipinski definition) is 4. The molecule has 0 saturated carbocycles. The minimum atomic E-state index is -0.674. The Balaban J connectivity index is 1.53. The lowest BCUT2D eigenvalue weighted by Gasteiger charge is -2.35. The van der Waals surface area contributed by atoms with E-state index in [-0.39, 0.29) is 24.4 Å². The number of nitrogens with zero attached hydrogens (tertiary/aromatic N) is 3. The number of carbonyl (C=O) groups is 3. The van der Waals surface area contributed by atoms with Crippen molar-refractivity contribution in [1.82, 2.24) is 20.0 Å². The van der Waals surface area contributed by atoms with Gasteiger partial charge in [0.1, 0.15) is 6.04 Å². The van der Waals surface area contributed by atoms with Crippen LogP contribution in [0.1, 0.15) is 35.2 Å². The lowest BCUT2D eigenvalue weighted by atomic mass is 9.91. The monoisotopic (exact) mass is 502 g/mol. The molecule has 194 valence electrons. The van der Waals surface area contributed by atoms with Crippen molar-refractivity contribution >= 4 is 17.8 Å². The summed E-state index contributed by atoms with van der Waals surface area (Å²) in [5, 5.41) is 3.07. The van der Waals surface area contributed by atoms with E-state index in [1.807, 2.05) is 63.2 Å². The van der Waals surface area contributed by atoms with Gasteiger partial charge in [0.2, 0.25) is 5.91 Å². The number of urea groups is 1. The molecule has 4 amide bonds. The van der Waals surface area contributed by atoms with E-state index in [0.29, 0.717) is 50.5 Å². The number of rotatable bonds is 6. The molecule has 0 aliphatic carbocycles. The van der Waals surface area contributed by atoms with Crippen molar-refractivity contribution in [1.29, 1.82) is 0 Å². The van der Waals surface area contributed by atoms with Crippen LogP contribution in [0.4, 0.5) is 4.79 Å². The molecule has 1 saturated heterocycles. The maximum atomic E-state index is 14.2. The summed E-state index contributed by atoms with van der Waals surface area (Å²) in [7, 11) is 0. The van der Waals surface area contributed by atoms with Crippen molar-refractivity contribution in [3.05, 3.63) is 82.1 Å². The second kappa shape index (κ2) is 10.4. The third kappa shape index (κ3) is 4.73. The summed E-state index contributed by atoms with van der Waals surface area (Å²) < 4.78 is 5.46. The highest BCUT2D eigenvalue weighted by atomic mass is 16.5. The predicted molar refractivity (Wildman–Crippen MR) is 140 cm³/mol. The first-order valence-corrected chi connectivity index (χ1v) is 13.0. The number of carbonyl (C=O) groups excluding carboxylic acids is 3. The molecule has 1 fully saturated rings. The Morgan fingerprint density at radius 2 is 1.81 bits per heavy atom. The van der Waals surface area contributed by atoms with E-state index in [1.165, 1.54) is 0 Å². The summed E-state index contributed by atoms with van der Waals surface area (Å²) in [5.74, 6) is -0.272. The summed E-state index contributed by atoms with van der Waals surface area (Å²) >= 11 is 0. The number of morpholine rings is 1. The number of aryl methyl sites for hydroxylation is 2. The van der Waals surface area contributed by atoms with Crippen LogP contribution >= 0.6 is 0 Å². The lowest BCUT2D eigenvalue weighted by molar-refractivity contribution is -0.145. The Kier molecular flexibility index (Phi) is 7.02. The number of ether oxygens (including phenoxy) is 1. The first kappa shape index (κ1) is 25.0. The van der Waals surface area contributed by atoms with Gasteiger partial charge in [-0.15, -0.1) is 0 Å². The van der Waals surface area contributed by atoms with E-state index >= 15 is 0 Å². The summed E-state index contributed by atoms with van der Waals surface area (Å²) in [6, 6.07) is 14.4. The molecule has 3 aliphatic rings. The van der Waals surface area contributed by atoms with Gasteiger partial charge in [-0.1, -0.05) is 54.1 Å². The van der Waals surface area contributed by atoms with Crippen LogP contribution in [0.2, 0.25) is 0 Å². The Morgan fingerprint density at radius 3 is 2.49 bits per heavy atom. The molecular weight excluding hydrogens is 468 g/mol. The fourth-order valence-electron chi connectivity index (χ4n) is 5.65. The minimum absolute atomic E-state index is 0.0780. The average molecular weight is 503 g/mol. The normalized spacial score (nSPS) is 20.7. The Bertz CT molecular complexity index is 1240. The average Bonchev–Trinajstić information content (AvgIpc) is 3.24. The van der Waals surface area contributed by atoms with E-state index in [4.69, 9.17) is 4.74 Å². The van der Waals surface area contributed by atoms with Gasteiger partial charge >= 0.3 is 6.03 Å². The molecule has 0 radical (unpaired) electrons. The van der Waals surface area contributed by atoms with Crippen LogP contribution in [-0.2, 0) is 20.7 Å². The second-order valence-electron chi connectivity index (χ2n) is 9.92. The number of benzene rings is 2. The summed E-state index contributed by atoms with van der Waals surface area (Å²) in [5.41, 5.74) is 5.26. The van der Waals surface area contributed by atoms with E-state index in [9.17, 15) is 14.4 Å². The zero-order valence-electron chi connectivity index (χ0n) is 21.7. The van der Waals surface area contributed by atoms with Gasteiger partial charge in [-0.05, 0) is 37.5 Å². The van der Waals surface area contributed by atoms with Crippen LogP contribution in [0.3, 0.4) is 0 Å². The number of nitrogens with one attached hydrogen (secondary N) is 1. The van der Waals surface area contributed by atoms with Crippen LogP contribution in [0.25, 0.3) is 0 Å². The van der Waals surface area contributed by atoms with Gasteiger partial charge in [0, 0.05) is 26.1 Å². The molecule has 0 unspecified atom stereocenters. The van der Waals surface area contributed by atoms with E-state index in [0.717, 1.165) is 22.3 Å². The third-order valence-electron chi connectivity index (χ3n) is 7.56. The van der Waals surface area contributed by atoms with Crippen molar-refractivity contribution in [2.75, 3.05) is 39.4 Å². The Morgan fingerprint density at radius 1 is 1.08 bits per heavy atom. The second-order valence-corrected chi connectivity index (χ2v) is 9.92. The third-order valence-corrected chi connectivity index (χ3v) is 7.56. The van der Waals surface area contributed by atoms with Crippen LogP contribution < -0.4 is 5.32 Å². The highest BCUT2D eigenvalue weighted by molar-refractivity contribution is 6.03. The first-order chi connectivity index (χ1) is 17.9. The molecular formula is C29H34N4O4. The van der Waals surface area contributed by atoms with Crippen molar-refractivity contribution in [2.24, 2.45) is 0 Å². The van der Waals surface area contributed by atoms with Crippen molar-refractivity contribution in [2.45, 2.75) is 39.3 Å². The topological polar surface area (TPSA) is 82.2 Å². The van der Waals surface area contributed by atoms with Gasteiger partial charge in [0.25, 0.3) is 5.91 Å². The number of amides is 4. The quantitative estimate of drug-likeness (QED) is 0.659. The van der Waals surface area contributed by atoms with Crippen LogP contribution in [0, 0.1) is 13.8 Å². The van der Waals surface area contributed by atoms with Crippen LogP contribution in [-0.4, -0.2) is 78.0 Å². The Hall–Kier alpha value is -3.65. The molecule has 2 aromatic carbocycles. The highest BCUT2D eigenvalue weighted by Crippen LogP contribution is 2.38. The molecule has 37 heavy (non-hydrogen) atoms. The van der Waals surface area contributed by atoms with E-state index in [2.05, 4.69) is 11.4 Å². The molecule has 3 heterocycles. The summed E-state index contributed by atoms with van der Waals surface area (Å²) in [4.78, 5) is 46.3. The largest absolute Gasteiger partial charge is 0.378 e. The fourth-order valence-corrected chi connectivity index (χ4v) is 5.65. The summed E-state index contributed by atoms with van der Waals surface area (Å²) in [6.45, 7) is 8.57. The smallest absolute Gasteiger partial charge is 0.322 e. The van der Waals surface area contributed by atoms with Gasteiger partial charge in [-0.3, -0.25) is 14.5 Å². The fraction of sp³-hybridized carbons (Fsp3) is 0.414. The van der Waals surface area contributed by atoms with Crippen molar-refractivity contribution in [3.63, 3.8) is 0 Å². The van der Waals surface area contributed by atoms with Crippen molar-refractivity contribution in [3.8, 4) is 0 Å². The number of hydrogen-bond donors (Lipinski definition) is 1. The zero-order valence-corrected chi connectivity index (χ0v) is 21.7. The maximum Gasteiger partial charge on any atom is 0.322 e. The van der Waals surface area contributed by atoms with Gasteiger partial charge in [0.05, 0.1) is 37.1 Å². The van der Waals surface area contributed by atoms with E-state index in [1.54, 1.807) is 14.7 Å². The Labute approximate surface area is 217 Å². The first-order valence-electron chi connectivity index (χ1n) is 13.0. The van der Waals surface area contributed by atoms with Crippen LogP contribution in [0.15, 0.2) is 59.8 Å². The van der Waals surface area contributed by atoms with E-state index < -0.39 is 12.1 Å². The molecule has 2 atom stereocenters. The summed E-state index contributed by atoms with van der Waals surface area (Å²) in [6.07, 6.45) is 0.408. The molecule has 8 nitrogen and oxygen atoms in total. The molecule has 3 aliphatic heterocycles. The predicted octanol–water partition coefficient (Wildman–Crippen LogP) is 2.96. The van der Waals surface area contributed by atoms with Crippen molar-refractivity contribution < 1.29 is 19.1 Å². The van der Waals surface area contributed by atoms with Gasteiger partial charge in [0.15, 0.2) is 0 Å². The van der Waals surface area contributed by atoms with Gasteiger partial charge in [-0.2, -0.15) is 0 Å². The zero-order chi connectivity index (χ0) is 26.1. The minimum Gasteiger partial charge on any atom is -0.378 e. The molecule has 1 N–H and O–H groups in total. The molecule has 0 aromatic heterocycles. The molecule has 2 aromatic rings. The van der Waals surface area contributed by atoms with Gasteiger partial charge < -0.3 is 19.9 Å². The molecule has 8 heteroatoms. The highest BCUT2D eigenvalue weighted by Gasteiger charge is 2.47. The molecule has 5 rings (SSSR count). The van der Waals surface area contributed by atoms with Gasteiger partial charge in [-0.25, -0.2) is 4.79 Å². The number of likely N-dealkylation sites (N-methyl/N-ethyl adjacent to an activating group) is 1. The lowest BCUT2D eigenvalue weighted by Crippen LogP contribution is -2.53. The molecule has 0 bridgehead atoms. The standard InChI is InChI=1S/C29H34N4O4/c1-4-32-24-18-33(23(17-21-8-6-5-7-9-21)27(34)31-12-14-37-15-13-31)28(35)25(24)26(30-29(32)36)22-11-10-19(2)16-20(22)3/h5-11,16,23,26H,4,12-15,17-18H2,1-3H3,(H,30,36)/t23-,26-/m0/s1. The molecule has 0 spiro atoms.